The number of anilines is 1. The molecule has 0 atom stereocenters. The quantitative estimate of drug-likeness (QED) is 0.277. The van der Waals surface area contributed by atoms with E-state index in [1.165, 1.54) is 18.2 Å². The summed E-state index contributed by atoms with van der Waals surface area (Å²) in [7, 11) is -4.01. The number of sulfonamides is 1. The molecule has 0 amide bonds. The highest BCUT2D eigenvalue weighted by Crippen LogP contribution is 2.25. The SMILES string of the molecule is NNS(=O)(=O)c1ccc(N)cc1C(=O)c1cccc(-c2ccccc2)c1. The molecule has 26 heavy (non-hydrogen) atoms. The second-order valence-corrected chi connectivity index (χ2v) is 7.34. The Kier molecular flexibility index (Phi) is 4.85. The van der Waals surface area contributed by atoms with Crippen LogP contribution in [0, 0.1) is 0 Å². The number of nitrogens with one attached hydrogen (secondary N) is 1. The molecule has 0 aromatic heterocycles. The van der Waals surface area contributed by atoms with Crippen LogP contribution in [0.15, 0.2) is 77.7 Å². The number of hydrogen-bond acceptors (Lipinski definition) is 5. The minimum atomic E-state index is -4.01. The molecule has 0 fully saturated rings. The number of hydrogen-bond donors (Lipinski definition) is 3. The highest BCUT2D eigenvalue weighted by atomic mass is 32.2. The van der Waals surface area contributed by atoms with Gasteiger partial charge in [-0.25, -0.2) is 8.42 Å². The van der Waals surface area contributed by atoms with Crippen LogP contribution in [0.1, 0.15) is 15.9 Å². The molecule has 0 radical (unpaired) electrons. The smallest absolute Gasteiger partial charge is 0.253 e. The fraction of sp³-hybridized carbons (Fsp3) is 0. The molecule has 0 spiro atoms. The average Bonchev–Trinajstić information content (AvgIpc) is 2.68. The average molecular weight is 367 g/mol. The summed E-state index contributed by atoms with van der Waals surface area (Å²) in [5, 5.41) is 0. The lowest BCUT2D eigenvalue weighted by molar-refractivity contribution is 0.103. The van der Waals surface area contributed by atoms with E-state index < -0.39 is 15.8 Å². The van der Waals surface area contributed by atoms with Gasteiger partial charge in [-0.15, -0.1) is 0 Å². The van der Waals surface area contributed by atoms with E-state index in [1.807, 2.05) is 36.4 Å². The van der Waals surface area contributed by atoms with Gasteiger partial charge in [-0.1, -0.05) is 48.5 Å². The van der Waals surface area contributed by atoms with Crippen LogP contribution in [0.4, 0.5) is 5.69 Å². The summed E-state index contributed by atoms with van der Waals surface area (Å²) in [6.45, 7) is 0. The Bertz CT molecular complexity index is 1060. The predicted molar refractivity (Wildman–Crippen MR) is 101 cm³/mol. The molecular weight excluding hydrogens is 350 g/mol. The minimum Gasteiger partial charge on any atom is -0.399 e. The standard InChI is InChI=1S/C19H17N3O3S/c20-16-9-10-18(26(24,25)22-21)17(12-16)19(23)15-8-4-7-14(11-15)13-5-2-1-3-6-13/h1-12,22H,20-21H2. The third-order valence-electron chi connectivity index (χ3n) is 3.92. The zero-order valence-corrected chi connectivity index (χ0v) is 14.5. The van der Waals surface area contributed by atoms with Crippen LogP contribution < -0.4 is 16.4 Å². The zero-order chi connectivity index (χ0) is 18.7. The van der Waals surface area contributed by atoms with E-state index in [9.17, 15) is 13.2 Å². The van der Waals surface area contributed by atoms with Crippen molar-refractivity contribution in [2.45, 2.75) is 4.90 Å². The maximum absolute atomic E-state index is 13.0. The van der Waals surface area contributed by atoms with Crippen molar-refractivity contribution in [3.8, 4) is 11.1 Å². The second-order valence-electron chi connectivity index (χ2n) is 5.65. The molecule has 3 aromatic rings. The summed E-state index contributed by atoms with van der Waals surface area (Å²) in [4.78, 5) is 14.5. The van der Waals surface area contributed by atoms with E-state index in [4.69, 9.17) is 11.6 Å². The Morgan fingerprint density at radius 2 is 1.54 bits per heavy atom. The lowest BCUT2D eigenvalue weighted by Gasteiger charge is -2.11. The molecule has 7 heteroatoms. The molecule has 0 unspecified atom stereocenters. The molecule has 132 valence electrons. The van der Waals surface area contributed by atoms with Crippen molar-refractivity contribution in [3.05, 3.63) is 83.9 Å². The molecular formula is C19H17N3O3S. The van der Waals surface area contributed by atoms with Crippen LogP contribution >= 0.6 is 0 Å². The summed E-state index contributed by atoms with van der Waals surface area (Å²) in [6.07, 6.45) is 0. The molecule has 0 saturated carbocycles. The van der Waals surface area contributed by atoms with E-state index in [-0.39, 0.29) is 16.1 Å². The van der Waals surface area contributed by atoms with Gasteiger partial charge >= 0.3 is 0 Å². The normalized spacial score (nSPS) is 11.3. The minimum absolute atomic E-state index is 0.0341. The van der Waals surface area contributed by atoms with Crippen LogP contribution in [-0.2, 0) is 10.0 Å². The zero-order valence-electron chi connectivity index (χ0n) is 13.7. The van der Waals surface area contributed by atoms with Crippen LogP contribution in [-0.4, -0.2) is 14.2 Å². The van der Waals surface area contributed by atoms with Gasteiger partial charge in [-0.05, 0) is 35.4 Å². The number of benzene rings is 3. The first-order valence-corrected chi connectivity index (χ1v) is 9.23. The van der Waals surface area contributed by atoms with E-state index in [1.54, 1.807) is 23.0 Å². The number of hydrazine groups is 1. The van der Waals surface area contributed by atoms with Gasteiger partial charge in [0.25, 0.3) is 10.0 Å². The van der Waals surface area contributed by atoms with Crippen molar-refractivity contribution >= 4 is 21.5 Å². The molecule has 3 rings (SSSR count). The highest BCUT2D eigenvalue weighted by Gasteiger charge is 2.23. The third-order valence-corrected chi connectivity index (χ3v) is 5.17. The van der Waals surface area contributed by atoms with Gasteiger partial charge in [-0.3, -0.25) is 10.6 Å². The maximum Gasteiger partial charge on any atom is 0.253 e. The molecule has 6 nitrogen and oxygen atoms in total. The molecule has 3 aromatic carbocycles. The molecule has 0 heterocycles. The van der Waals surface area contributed by atoms with Crippen molar-refractivity contribution in [3.63, 3.8) is 0 Å². The Hall–Kier alpha value is -3.00. The Balaban J connectivity index is 2.10. The van der Waals surface area contributed by atoms with Crippen molar-refractivity contribution < 1.29 is 13.2 Å². The molecule has 0 saturated heterocycles. The first-order valence-electron chi connectivity index (χ1n) is 7.74. The van der Waals surface area contributed by atoms with Gasteiger partial charge in [0, 0.05) is 16.8 Å². The largest absolute Gasteiger partial charge is 0.399 e. The van der Waals surface area contributed by atoms with Gasteiger partial charge in [0.15, 0.2) is 5.78 Å². The number of carbonyl (C=O) groups excluding carboxylic acids is 1. The Morgan fingerprint density at radius 3 is 2.23 bits per heavy atom. The summed E-state index contributed by atoms with van der Waals surface area (Å²) in [5.74, 6) is 4.65. The number of carbonyl (C=O) groups is 1. The molecule has 0 aliphatic carbocycles. The molecule has 0 aliphatic heterocycles. The fourth-order valence-electron chi connectivity index (χ4n) is 2.65. The van der Waals surface area contributed by atoms with Crippen LogP contribution in [0.25, 0.3) is 11.1 Å². The van der Waals surface area contributed by atoms with Gasteiger partial charge < -0.3 is 5.73 Å². The predicted octanol–water partition coefficient (Wildman–Crippen LogP) is 2.32. The number of rotatable bonds is 5. The summed E-state index contributed by atoms with van der Waals surface area (Å²) in [6, 6.07) is 20.5. The van der Waals surface area contributed by atoms with Crippen molar-refractivity contribution in [1.82, 2.24) is 4.83 Å². The monoisotopic (exact) mass is 367 g/mol. The van der Waals surface area contributed by atoms with Crippen LogP contribution in [0.2, 0.25) is 0 Å². The first-order chi connectivity index (χ1) is 12.4. The summed E-state index contributed by atoms with van der Waals surface area (Å²) in [5.41, 5.74) is 8.15. The Labute approximate surface area is 151 Å². The lowest BCUT2D eigenvalue weighted by Crippen LogP contribution is -2.31. The Morgan fingerprint density at radius 1 is 0.846 bits per heavy atom. The van der Waals surface area contributed by atoms with Gasteiger partial charge in [-0.2, -0.15) is 4.83 Å². The van der Waals surface area contributed by atoms with Gasteiger partial charge in [0.2, 0.25) is 0 Å². The maximum atomic E-state index is 13.0. The van der Waals surface area contributed by atoms with E-state index in [0.29, 0.717) is 5.56 Å². The second kappa shape index (κ2) is 7.09. The molecule has 5 N–H and O–H groups in total. The summed E-state index contributed by atoms with van der Waals surface area (Å²) < 4.78 is 24.3. The van der Waals surface area contributed by atoms with E-state index in [0.717, 1.165) is 11.1 Å². The van der Waals surface area contributed by atoms with E-state index in [2.05, 4.69) is 0 Å². The molecule has 0 bridgehead atoms. The summed E-state index contributed by atoms with van der Waals surface area (Å²) >= 11 is 0. The topological polar surface area (TPSA) is 115 Å². The highest BCUT2D eigenvalue weighted by molar-refractivity contribution is 7.89. The number of ketones is 1. The first kappa shape index (κ1) is 17.8. The van der Waals surface area contributed by atoms with E-state index >= 15 is 0 Å². The fourth-order valence-corrected chi connectivity index (χ4v) is 3.46. The van der Waals surface area contributed by atoms with Crippen molar-refractivity contribution in [1.29, 1.82) is 0 Å². The van der Waals surface area contributed by atoms with Crippen molar-refractivity contribution in [2.24, 2.45) is 5.84 Å². The van der Waals surface area contributed by atoms with Gasteiger partial charge in [0.1, 0.15) is 0 Å². The van der Waals surface area contributed by atoms with Gasteiger partial charge in [0.05, 0.1) is 4.90 Å². The number of nitrogen functional groups attached to an aromatic ring is 1. The number of nitrogens with two attached hydrogens (primary N) is 2. The van der Waals surface area contributed by atoms with Crippen LogP contribution in [0.3, 0.4) is 0 Å². The molecule has 0 aliphatic rings. The van der Waals surface area contributed by atoms with Crippen molar-refractivity contribution in [2.75, 3.05) is 5.73 Å². The third kappa shape index (κ3) is 3.50. The lowest BCUT2D eigenvalue weighted by atomic mass is 9.98. The van der Waals surface area contributed by atoms with Crippen LogP contribution in [0.5, 0.6) is 0 Å².